The van der Waals surface area contributed by atoms with Crippen LogP contribution in [0.3, 0.4) is 0 Å². The van der Waals surface area contributed by atoms with E-state index < -0.39 is 102 Å². The Labute approximate surface area is 379 Å². The number of imidazole rings is 1. The molecule has 10 atom stereocenters. The fourth-order valence-corrected chi connectivity index (χ4v) is 6.93. The highest BCUT2D eigenvalue weighted by Crippen LogP contribution is 2.15. The van der Waals surface area contributed by atoms with Crippen molar-refractivity contribution in [3.63, 3.8) is 0 Å². The summed E-state index contributed by atoms with van der Waals surface area (Å²) in [5, 5.41) is 28.8. The summed E-state index contributed by atoms with van der Waals surface area (Å²) in [5.41, 5.74) is 6.60. The van der Waals surface area contributed by atoms with Crippen molar-refractivity contribution >= 4 is 47.3 Å². The number of aromatic nitrogens is 2. The smallest absolute Gasteiger partial charge is 0.326 e. The van der Waals surface area contributed by atoms with Crippen LogP contribution in [0.25, 0.3) is 0 Å². The third-order valence-electron chi connectivity index (χ3n) is 11.0. The number of nitrogens with one attached hydrogen (secondary N) is 8. The van der Waals surface area contributed by atoms with Gasteiger partial charge >= 0.3 is 5.97 Å². The molecule has 0 fully saturated rings. The quantitative estimate of drug-likeness (QED) is 0.0555. The van der Waals surface area contributed by atoms with E-state index in [-0.39, 0.29) is 48.9 Å². The minimum Gasteiger partial charge on any atom is -0.480 e. The molecule has 64 heavy (non-hydrogen) atoms. The molecule has 0 bridgehead atoms. The van der Waals surface area contributed by atoms with E-state index in [0.717, 1.165) is 0 Å². The number of carbonyl (C=O) groups excluding carboxylic acids is 7. The number of nitrogens with two attached hydrogens (primary N) is 1. The first-order valence-electron chi connectivity index (χ1n) is 22.9. The molecule has 0 aliphatic carbocycles. The van der Waals surface area contributed by atoms with Crippen LogP contribution in [0.15, 0.2) is 12.5 Å². The Morgan fingerprint density at radius 3 is 1.28 bits per heavy atom. The van der Waals surface area contributed by atoms with Gasteiger partial charge in [0, 0.05) is 18.3 Å². The summed E-state index contributed by atoms with van der Waals surface area (Å²) >= 11 is 0. The van der Waals surface area contributed by atoms with Gasteiger partial charge < -0.3 is 53.0 Å². The van der Waals surface area contributed by atoms with Crippen LogP contribution in [0, 0.1) is 35.5 Å². The molecule has 0 unspecified atom stereocenters. The van der Waals surface area contributed by atoms with Gasteiger partial charge in [-0.2, -0.15) is 0 Å². The van der Waals surface area contributed by atoms with E-state index in [1.165, 1.54) is 19.4 Å². The summed E-state index contributed by atoms with van der Waals surface area (Å²) in [5.74, 6) is -6.42. The lowest BCUT2D eigenvalue weighted by Crippen LogP contribution is -2.61. The van der Waals surface area contributed by atoms with E-state index in [2.05, 4.69) is 47.2 Å². The Bertz CT molecular complexity index is 1670. The SMILES string of the molecule is CC[C@H](C)[C@H](NC(=O)[C@H](C)NC(=O)[C@H](CC(C)C)NC(=O)[C@@H](NC(=O)[C@H](CC(C)C)NC(=O)[C@@H](N)CC(C)C)[C@@H](C)CC)C(=O)N[C@@H](CC(C)C)C(=O)N[C@@H](Cc1cnc[nH]1)C(=O)O. The molecule has 0 spiro atoms. The lowest BCUT2D eigenvalue weighted by Gasteiger charge is -2.30. The fourth-order valence-electron chi connectivity index (χ4n) is 6.93. The van der Waals surface area contributed by atoms with E-state index in [0.29, 0.717) is 31.4 Å². The molecule has 0 saturated carbocycles. The Morgan fingerprint density at radius 2 is 0.906 bits per heavy atom. The standard InChI is InChI=1S/C45H80N10O9/c1-14-27(11)36(43(61)52-33(18-25(7)8)41(59)53-35(45(63)64)20-30-21-47-22-48-30)54-38(56)29(13)49-40(58)32(17-24(5)6)51-44(62)37(28(12)15-2)55-42(60)34(19-26(9)10)50-39(57)31(46)16-23(3)4/h21-29,31-37H,14-20,46H2,1-13H3,(H,47,48)(H,49,58)(H,50,57)(H,51,62)(H,52,61)(H,53,59)(H,54,56)(H,55,60)(H,63,64)/t27-,28-,29-,31-,32-,33-,34-,35-,36-,37-/m0/s1. The van der Waals surface area contributed by atoms with Crippen LogP contribution in [0.4, 0.5) is 0 Å². The van der Waals surface area contributed by atoms with E-state index in [9.17, 15) is 43.5 Å². The first kappa shape index (κ1) is 56.9. The largest absolute Gasteiger partial charge is 0.480 e. The molecule has 0 aliphatic heterocycles. The van der Waals surface area contributed by atoms with Crippen LogP contribution in [0.5, 0.6) is 0 Å². The molecule has 0 saturated heterocycles. The summed E-state index contributed by atoms with van der Waals surface area (Å²) in [6.45, 7) is 23.8. The summed E-state index contributed by atoms with van der Waals surface area (Å²) in [6, 6.07) is -8.71. The van der Waals surface area contributed by atoms with Crippen LogP contribution in [-0.4, -0.2) is 111 Å². The van der Waals surface area contributed by atoms with Gasteiger partial charge in [0.1, 0.15) is 42.3 Å². The van der Waals surface area contributed by atoms with E-state index in [1.54, 1.807) is 13.8 Å². The van der Waals surface area contributed by atoms with Crippen molar-refractivity contribution in [3.05, 3.63) is 18.2 Å². The normalized spacial score (nSPS) is 16.3. The maximum Gasteiger partial charge on any atom is 0.326 e. The Hall–Kier alpha value is -5.07. The van der Waals surface area contributed by atoms with E-state index >= 15 is 0 Å². The van der Waals surface area contributed by atoms with Gasteiger partial charge in [0.15, 0.2) is 0 Å². The molecule has 1 heterocycles. The molecule has 0 aliphatic rings. The predicted molar refractivity (Wildman–Crippen MR) is 244 cm³/mol. The Kier molecular flexibility index (Phi) is 24.9. The molecule has 11 N–H and O–H groups in total. The molecule has 1 aromatic heterocycles. The third kappa shape index (κ3) is 20.2. The predicted octanol–water partition coefficient (Wildman–Crippen LogP) is 2.05. The number of hydrogen-bond acceptors (Lipinski definition) is 10. The van der Waals surface area contributed by atoms with Crippen molar-refractivity contribution in [2.24, 2.45) is 41.2 Å². The van der Waals surface area contributed by atoms with Crippen LogP contribution in [0.2, 0.25) is 0 Å². The number of H-pyrrole nitrogens is 1. The highest BCUT2D eigenvalue weighted by atomic mass is 16.4. The minimum atomic E-state index is -1.31. The van der Waals surface area contributed by atoms with Crippen molar-refractivity contribution in [2.75, 3.05) is 0 Å². The summed E-state index contributed by atoms with van der Waals surface area (Å²) in [7, 11) is 0. The average molecular weight is 905 g/mol. The van der Waals surface area contributed by atoms with Gasteiger partial charge in [0.2, 0.25) is 41.4 Å². The number of rotatable bonds is 29. The number of aliphatic carboxylic acids is 1. The number of hydrogen-bond donors (Lipinski definition) is 10. The van der Waals surface area contributed by atoms with Crippen LogP contribution in [-0.2, 0) is 44.8 Å². The van der Waals surface area contributed by atoms with Crippen molar-refractivity contribution < 1.29 is 43.5 Å². The van der Waals surface area contributed by atoms with Gasteiger partial charge in [-0.15, -0.1) is 0 Å². The van der Waals surface area contributed by atoms with Crippen LogP contribution < -0.4 is 43.0 Å². The van der Waals surface area contributed by atoms with Crippen molar-refractivity contribution in [2.45, 2.75) is 183 Å². The van der Waals surface area contributed by atoms with Gasteiger partial charge in [0.25, 0.3) is 0 Å². The fraction of sp³-hybridized carbons (Fsp3) is 0.756. The number of aromatic amines is 1. The van der Waals surface area contributed by atoms with E-state index in [4.69, 9.17) is 5.73 Å². The maximum atomic E-state index is 14.0. The molecular formula is C45H80N10O9. The second kappa shape index (κ2) is 28.0. The summed E-state index contributed by atoms with van der Waals surface area (Å²) in [6.07, 6.45) is 4.82. The zero-order chi connectivity index (χ0) is 49.0. The summed E-state index contributed by atoms with van der Waals surface area (Å²) < 4.78 is 0. The van der Waals surface area contributed by atoms with Gasteiger partial charge in [-0.25, -0.2) is 9.78 Å². The van der Waals surface area contributed by atoms with Crippen LogP contribution in [0.1, 0.15) is 134 Å². The molecule has 0 radical (unpaired) electrons. The summed E-state index contributed by atoms with van der Waals surface area (Å²) in [4.78, 5) is 114. The van der Waals surface area contributed by atoms with Gasteiger partial charge in [-0.05, 0) is 68.1 Å². The number of carboxylic acid groups (broad SMARTS) is 1. The topological polar surface area (TPSA) is 296 Å². The lowest BCUT2D eigenvalue weighted by molar-refractivity contribution is -0.142. The van der Waals surface area contributed by atoms with E-state index in [1.807, 2.05) is 69.2 Å². The molecule has 364 valence electrons. The van der Waals surface area contributed by atoms with Crippen molar-refractivity contribution in [3.8, 4) is 0 Å². The van der Waals surface area contributed by atoms with Gasteiger partial charge in [-0.1, -0.05) is 95.9 Å². The monoisotopic (exact) mass is 905 g/mol. The molecule has 19 nitrogen and oxygen atoms in total. The van der Waals surface area contributed by atoms with Gasteiger partial charge in [-0.3, -0.25) is 33.6 Å². The van der Waals surface area contributed by atoms with Crippen LogP contribution >= 0.6 is 0 Å². The number of nitrogens with zero attached hydrogens (tertiary/aromatic N) is 1. The highest BCUT2D eigenvalue weighted by Gasteiger charge is 2.36. The third-order valence-corrected chi connectivity index (χ3v) is 11.0. The molecule has 1 rings (SSSR count). The molecule has 19 heteroatoms. The van der Waals surface area contributed by atoms with Gasteiger partial charge in [0.05, 0.1) is 12.4 Å². The first-order valence-corrected chi connectivity index (χ1v) is 22.9. The second-order valence-electron chi connectivity index (χ2n) is 19.0. The average Bonchev–Trinajstić information content (AvgIpc) is 3.72. The molecule has 1 aromatic rings. The number of amides is 7. The molecule has 7 amide bonds. The molecular weight excluding hydrogens is 825 g/mol. The molecule has 0 aromatic carbocycles. The minimum absolute atomic E-state index is 0.0204. The second-order valence-corrected chi connectivity index (χ2v) is 19.0. The Morgan fingerprint density at radius 1 is 0.531 bits per heavy atom. The lowest BCUT2D eigenvalue weighted by atomic mass is 9.95. The van der Waals surface area contributed by atoms with Crippen molar-refractivity contribution in [1.82, 2.24) is 47.2 Å². The maximum absolute atomic E-state index is 14.0. The van der Waals surface area contributed by atoms with Crippen molar-refractivity contribution in [1.29, 1.82) is 0 Å². The zero-order valence-electron chi connectivity index (χ0n) is 40.4. The number of carboxylic acids is 1. The number of carbonyl (C=O) groups is 8. The Balaban J connectivity index is 3.23. The highest BCUT2D eigenvalue weighted by molar-refractivity contribution is 5.97. The first-order chi connectivity index (χ1) is 29.8. The zero-order valence-corrected chi connectivity index (χ0v) is 40.4.